The van der Waals surface area contributed by atoms with Gasteiger partial charge in [-0.05, 0) is 42.3 Å². The molecule has 0 aromatic heterocycles. The molecule has 2 aromatic rings. The Hall–Kier alpha value is -1.44. The van der Waals surface area contributed by atoms with Gasteiger partial charge in [0.05, 0.1) is 20.0 Å². The third-order valence-corrected chi connectivity index (χ3v) is 10.4. The molecule has 4 rings (SSSR count). The van der Waals surface area contributed by atoms with Crippen molar-refractivity contribution in [1.29, 1.82) is 0 Å². The van der Waals surface area contributed by atoms with Crippen LogP contribution in [0.25, 0.3) is 0 Å². The SMILES string of the molecule is CC(C)(C)[C@H]1COC([C]2[C](P(c3ccccc3)c3ccccc3)[CH][CH][C]2[Si](C)(C)C)=N1. The fraction of sp³-hybridized carbons (Fsp3) is 0.333. The molecule has 2 nitrogen and oxygen atoms in total. The molecule has 4 heteroatoms. The number of ether oxygens (including phenoxy) is 1. The van der Waals surface area contributed by atoms with Crippen molar-refractivity contribution in [2.24, 2.45) is 10.4 Å². The molecule has 2 aliphatic rings. The maximum atomic E-state index is 6.32. The highest BCUT2D eigenvalue weighted by atomic mass is 31.1. The van der Waals surface area contributed by atoms with Crippen molar-refractivity contribution in [1.82, 2.24) is 0 Å². The van der Waals surface area contributed by atoms with E-state index in [9.17, 15) is 0 Å². The lowest BCUT2D eigenvalue weighted by atomic mass is 9.88. The summed E-state index contributed by atoms with van der Waals surface area (Å²) in [7, 11) is -2.28. The van der Waals surface area contributed by atoms with Crippen molar-refractivity contribution in [2.75, 3.05) is 6.61 Å². The normalized spacial score (nSPS) is 21.5. The van der Waals surface area contributed by atoms with Crippen LogP contribution in [0.5, 0.6) is 0 Å². The van der Waals surface area contributed by atoms with E-state index in [-0.39, 0.29) is 11.5 Å². The van der Waals surface area contributed by atoms with Crippen molar-refractivity contribution in [3.05, 3.63) is 90.6 Å². The lowest BCUT2D eigenvalue weighted by Gasteiger charge is -2.34. The highest BCUT2D eigenvalue weighted by Gasteiger charge is 2.52. The van der Waals surface area contributed by atoms with Gasteiger partial charge < -0.3 is 4.74 Å². The van der Waals surface area contributed by atoms with Crippen LogP contribution in [0.4, 0.5) is 0 Å². The van der Waals surface area contributed by atoms with E-state index in [4.69, 9.17) is 9.73 Å². The van der Waals surface area contributed by atoms with Crippen LogP contribution in [0.3, 0.4) is 0 Å². The summed E-state index contributed by atoms with van der Waals surface area (Å²) in [5, 5.41) is 2.73. The van der Waals surface area contributed by atoms with Gasteiger partial charge in [-0.3, -0.25) is 0 Å². The van der Waals surface area contributed by atoms with Crippen molar-refractivity contribution < 1.29 is 4.74 Å². The van der Waals surface area contributed by atoms with E-state index in [0.29, 0.717) is 6.61 Å². The molecular weight excluding hydrogens is 413 g/mol. The zero-order valence-corrected chi connectivity index (χ0v) is 21.4. The fourth-order valence-electron chi connectivity index (χ4n) is 4.04. The fourth-order valence-corrected chi connectivity index (χ4v) is 8.18. The Bertz CT molecular complexity index is 861. The van der Waals surface area contributed by atoms with Gasteiger partial charge >= 0.3 is 0 Å². The van der Waals surface area contributed by atoms with Gasteiger partial charge in [0.2, 0.25) is 0 Å². The van der Waals surface area contributed by atoms with E-state index in [0.717, 1.165) is 5.90 Å². The minimum atomic E-state index is -1.59. The molecule has 1 heterocycles. The molecule has 1 atom stereocenters. The molecule has 1 saturated carbocycles. The lowest BCUT2D eigenvalue weighted by molar-refractivity contribution is 0.234. The largest absolute Gasteiger partial charge is 0.478 e. The highest BCUT2D eigenvalue weighted by molar-refractivity contribution is 7.76. The second-order valence-electron chi connectivity index (χ2n) is 10.4. The number of nitrogens with zero attached hydrogens (tertiary/aromatic N) is 1. The number of hydrogen-bond acceptors (Lipinski definition) is 2. The Labute approximate surface area is 191 Å². The predicted octanol–water partition coefficient (Wildman–Crippen LogP) is 5.94. The first-order valence-electron chi connectivity index (χ1n) is 11.1. The molecule has 1 aliphatic heterocycles. The molecular formula is C27H33NOPSi. The minimum Gasteiger partial charge on any atom is -0.478 e. The quantitative estimate of drug-likeness (QED) is 0.411. The molecule has 1 fully saturated rings. The van der Waals surface area contributed by atoms with Crippen LogP contribution in [0.15, 0.2) is 65.7 Å². The van der Waals surface area contributed by atoms with Gasteiger partial charge in [-0.25, -0.2) is 4.99 Å². The first-order chi connectivity index (χ1) is 14.7. The minimum absolute atomic E-state index is 0.0947. The molecule has 31 heavy (non-hydrogen) atoms. The number of rotatable bonds is 5. The first kappa shape index (κ1) is 22.7. The average Bonchev–Trinajstić information content (AvgIpc) is 3.37. The number of aliphatic imine (C=N–C) groups is 1. The van der Waals surface area contributed by atoms with Gasteiger partial charge in [0.1, 0.15) is 6.61 Å². The summed E-state index contributed by atoms with van der Waals surface area (Å²) in [6, 6.07) is 22.0. The van der Waals surface area contributed by atoms with Crippen LogP contribution in [0.2, 0.25) is 19.6 Å². The van der Waals surface area contributed by atoms with Crippen LogP contribution in [-0.4, -0.2) is 26.6 Å². The Morgan fingerprint density at radius 1 is 0.871 bits per heavy atom. The summed E-state index contributed by atoms with van der Waals surface area (Å²) in [6.45, 7) is 14.7. The zero-order chi connectivity index (χ0) is 22.2. The molecule has 0 bridgehead atoms. The van der Waals surface area contributed by atoms with Crippen molar-refractivity contribution in [3.8, 4) is 0 Å². The third-order valence-electron chi connectivity index (χ3n) is 5.88. The topological polar surface area (TPSA) is 21.6 Å². The second kappa shape index (κ2) is 8.83. The van der Waals surface area contributed by atoms with E-state index in [1.807, 2.05) is 0 Å². The van der Waals surface area contributed by atoms with Gasteiger partial charge in [-0.1, -0.05) is 101 Å². The molecule has 0 saturated heterocycles. The van der Waals surface area contributed by atoms with Gasteiger partial charge in [-0.15, -0.1) is 0 Å². The summed E-state index contributed by atoms with van der Waals surface area (Å²) in [5.41, 5.74) is 2.92. The number of benzene rings is 2. The summed E-state index contributed by atoms with van der Waals surface area (Å²) in [5.74, 6) is 2.13. The van der Waals surface area contributed by atoms with E-state index in [2.05, 4.69) is 114 Å². The molecule has 0 unspecified atom stereocenters. The van der Waals surface area contributed by atoms with Crippen molar-refractivity contribution in [3.63, 3.8) is 0 Å². The van der Waals surface area contributed by atoms with Crippen LogP contribution >= 0.6 is 7.92 Å². The van der Waals surface area contributed by atoms with Gasteiger partial charge in [0.15, 0.2) is 5.90 Å². The monoisotopic (exact) mass is 446 g/mol. The smallest absolute Gasteiger partial charge is 0.192 e. The predicted molar refractivity (Wildman–Crippen MR) is 137 cm³/mol. The highest BCUT2D eigenvalue weighted by Crippen LogP contribution is 2.61. The maximum absolute atomic E-state index is 6.32. The Morgan fingerprint density at radius 3 is 1.87 bits per heavy atom. The molecule has 1 aliphatic carbocycles. The Morgan fingerprint density at radius 2 is 1.42 bits per heavy atom. The van der Waals surface area contributed by atoms with Crippen LogP contribution < -0.4 is 10.6 Å². The second-order valence-corrected chi connectivity index (χ2v) is 17.6. The molecule has 0 amide bonds. The summed E-state index contributed by atoms with van der Waals surface area (Å²) in [4.78, 5) is 5.13. The van der Waals surface area contributed by atoms with E-state index >= 15 is 0 Å². The maximum Gasteiger partial charge on any atom is 0.192 e. The summed E-state index contributed by atoms with van der Waals surface area (Å²) >= 11 is 0. The number of hydrogen-bond donors (Lipinski definition) is 0. The Kier molecular flexibility index (Phi) is 6.48. The van der Waals surface area contributed by atoms with Gasteiger partial charge in [0, 0.05) is 5.66 Å². The molecule has 161 valence electrons. The van der Waals surface area contributed by atoms with Crippen molar-refractivity contribution in [2.45, 2.75) is 46.5 Å². The summed E-state index contributed by atoms with van der Waals surface area (Å²) in [6.07, 6.45) is 4.71. The van der Waals surface area contributed by atoms with Crippen LogP contribution in [0.1, 0.15) is 20.8 Å². The average molecular weight is 447 g/mol. The zero-order valence-electron chi connectivity index (χ0n) is 19.5. The van der Waals surface area contributed by atoms with E-state index in [1.54, 1.807) is 0 Å². The first-order valence-corrected chi connectivity index (χ1v) is 15.9. The van der Waals surface area contributed by atoms with E-state index in [1.165, 1.54) is 27.7 Å². The molecule has 5 radical (unpaired) electrons. The van der Waals surface area contributed by atoms with Crippen LogP contribution in [-0.2, 0) is 4.74 Å². The Balaban J connectivity index is 1.79. The lowest BCUT2D eigenvalue weighted by Crippen LogP contribution is -2.37. The van der Waals surface area contributed by atoms with Crippen molar-refractivity contribution >= 4 is 32.5 Å². The van der Waals surface area contributed by atoms with Crippen LogP contribution in [0, 0.1) is 35.4 Å². The summed E-state index contributed by atoms with van der Waals surface area (Å²) < 4.78 is 6.32. The van der Waals surface area contributed by atoms with Gasteiger partial charge in [0.25, 0.3) is 0 Å². The standard InChI is InChI=1S/C27H33NOPSi/c1-27(2,3)24-19-29-26(28-24)25-22(17-18-23(25)31(4,5)6)30(20-13-9-7-10-14-20)21-15-11-8-12-16-21/h7-18,24H,19H2,1-6H3/t24-/m1/s1. The van der Waals surface area contributed by atoms with E-state index < -0.39 is 16.0 Å². The molecule has 2 aromatic carbocycles. The third kappa shape index (κ3) is 4.83. The molecule has 0 N–H and O–H groups in total. The van der Waals surface area contributed by atoms with Gasteiger partial charge in [-0.2, -0.15) is 0 Å². The molecule has 0 spiro atoms.